The third-order valence-corrected chi connectivity index (χ3v) is 5.53. The number of rotatable bonds is 5. The largest absolute Gasteiger partial charge is 0.207 e. The molecule has 0 saturated heterocycles. The van der Waals surface area contributed by atoms with E-state index < -0.39 is 0 Å². The molecule has 1 atom stereocenters. The van der Waals surface area contributed by atoms with Gasteiger partial charge in [0.25, 0.3) is 0 Å². The molecule has 2 aromatic rings. The van der Waals surface area contributed by atoms with Crippen LogP contribution in [0.25, 0.3) is 17.7 Å². The van der Waals surface area contributed by atoms with Crippen LogP contribution in [0.5, 0.6) is 0 Å². The van der Waals surface area contributed by atoms with Gasteiger partial charge in [-0.25, -0.2) is 4.39 Å². The average molecular weight is 340 g/mol. The zero-order valence-corrected chi connectivity index (χ0v) is 16.1. The van der Waals surface area contributed by atoms with Gasteiger partial charge >= 0.3 is 0 Å². The summed E-state index contributed by atoms with van der Waals surface area (Å²) in [4.78, 5) is 1.19. The van der Waals surface area contributed by atoms with Crippen molar-refractivity contribution in [3.05, 3.63) is 74.9 Å². The Morgan fingerprint density at radius 1 is 1.21 bits per heavy atom. The van der Waals surface area contributed by atoms with Gasteiger partial charge in [0.05, 0.1) is 0 Å². The number of halogens is 1. The molecule has 0 amide bonds. The smallest absolute Gasteiger partial charge is 0.126 e. The second-order valence-electron chi connectivity index (χ2n) is 6.42. The van der Waals surface area contributed by atoms with Gasteiger partial charge in [0.1, 0.15) is 5.82 Å². The molecule has 0 aliphatic heterocycles. The van der Waals surface area contributed by atoms with Crippen LogP contribution in [0.4, 0.5) is 4.39 Å². The van der Waals surface area contributed by atoms with Crippen molar-refractivity contribution >= 4 is 25.9 Å². The van der Waals surface area contributed by atoms with Gasteiger partial charge in [0.2, 0.25) is 0 Å². The van der Waals surface area contributed by atoms with Crippen LogP contribution in [0.1, 0.15) is 42.3 Å². The van der Waals surface area contributed by atoms with Crippen molar-refractivity contribution in [2.75, 3.05) is 0 Å². The highest BCUT2D eigenvalue weighted by Gasteiger charge is 2.08. The summed E-state index contributed by atoms with van der Waals surface area (Å²) < 4.78 is 14.3. The molecule has 0 N–H and O–H groups in total. The predicted octanol–water partition coefficient (Wildman–Crippen LogP) is 5.28. The summed E-state index contributed by atoms with van der Waals surface area (Å²) in [6, 6.07) is 5.96. The molecule has 0 aliphatic rings. The minimum atomic E-state index is -0.132. The monoisotopic (exact) mass is 340 g/mol. The molecule has 0 saturated carbocycles. The van der Waals surface area contributed by atoms with Gasteiger partial charge in [0.15, 0.2) is 0 Å². The summed E-state index contributed by atoms with van der Waals surface area (Å²) >= 11 is 0. The van der Waals surface area contributed by atoms with E-state index in [1.165, 1.54) is 21.0 Å². The van der Waals surface area contributed by atoms with Crippen LogP contribution >= 0.6 is 8.19 Å². The van der Waals surface area contributed by atoms with E-state index in [2.05, 4.69) is 45.2 Å². The summed E-state index contributed by atoms with van der Waals surface area (Å²) in [5.74, 6) is -0.132. The maximum atomic E-state index is 14.3. The van der Waals surface area contributed by atoms with E-state index >= 15 is 0 Å². The molecule has 0 radical (unpaired) electrons. The second kappa shape index (κ2) is 7.81. The fourth-order valence-electron chi connectivity index (χ4n) is 2.96. The standard InChI is InChI=1S/C22H26FP/c1-7-8-9-19-12-20(13-22(23)17(19)5)14(2)10-15(3)21-11-16(4)24-18(21)6/h7,10-13,24H,1,6,8-9H2,2-5H3/b14-10+,21-15-. The Hall–Kier alpha value is -1.85. The maximum Gasteiger partial charge on any atom is 0.126 e. The summed E-state index contributed by atoms with van der Waals surface area (Å²) in [6.45, 7) is 16.1. The van der Waals surface area contributed by atoms with E-state index in [9.17, 15) is 4.39 Å². The Morgan fingerprint density at radius 2 is 1.92 bits per heavy atom. The van der Waals surface area contributed by atoms with Crippen molar-refractivity contribution < 1.29 is 4.39 Å². The van der Waals surface area contributed by atoms with Crippen LogP contribution < -0.4 is 10.2 Å². The van der Waals surface area contributed by atoms with E-state index in [1.807, 2.05) is 19.9 Å². The predicted molar refractivity (Wildman–Crippen MR) is 108 cm³/mol. The lowest BCUT2D eigenvalue weighted by Crippen LogP contribution is -2.17. The van der Waals surface area contributed by atoms with E-state index in [1.54, 1.807) is 6.07 Å². The van der Waals surface area contributed by atoms with Crippen LogP contribution in [0.3, 0.4) is 0 Å². The molecule has 1 heterocycles. The van der Waals surface area contributed by atoms with E-state index in [0.717, 1.165) is 35.1 Å². The lowest BCUT2D eigenvalue weighted by molar-refractivity contribution is 0.614. The van der Waals surface area contributed by atoms with Crippen LogP contribution in [0, 0.1) is 19.7 Å². The molecule has 0 fully saturated rings. The van der Waals surface area contributed by atoms with E-state index in [0.29, 0.717) is 8.19 Å². The highest BCUT2D eigenvalue weighted by Crippen LogP contribution is 2.23. The van der Waals surface area contributed by atoms with Gasteiger partial charge in [-0.3, -0.25) is 0 Å². The highest BCUT2D eigenvalue weighted by atomic mass is 31.0. The van der Waals surface area contributed by atoms with Crippen molar-refractivity contribution in [1.82, 2.24) is 0 Å². The SMILES string of the molecule is C=CCCc1cc(/C(C)=C/C(C)=c2/cc(C)[pH]c2=C)cc(F)c1C. The van der Waals surface area contributed by atoms with Crippen molar-refractivity contribution in [1.29, 1.82) is 0 Å². The summed E-state index contributed by atoms with van der Waals surface area (Å²) in [7, 11) is 0.697. The quantitative estimate of drug-likeness (QED) is 0.650. The zero-order valence-electron chi connectivity index (χ0n) is 15.1. The highest BCUT2D eigenvalue weighted by molar-refractivity contribution is 7.30. The third kappa shape index (κ3) is 4.16. The van der Waals surface area contributed by atoms with Crippen LogP contribution in [-0.2, 0) is 6.42 Å². The summed E-state index contributed by atoms with van der Waals surface area (Å²) in [5, 5.41) is 2.60. The van der Waals surface area contributed by atoms with Gasteiger partial charge in [-0.05, 0) is 96.0 Å². The minimum Gasteiger partial charge on any atom is -0.207 e. The first-order valence-corrected chi connectivity index (χ1v) is 9.27. The van der Waals surface area contributed by atoms with Crippen molar-refractivity contribution in [3.8, 4) is 0 Å². The lowest BCUT2D eigenvalue weighted by Gasteiger charge is -2.10. The van der Waals surface area contributed by atoms with Gasteiger partial charge < -0.3 is 0 Å². The zero-order chi connectivity index (χ0) is 17.9. The lowest BCUT2D eigenvalue weighted by atomic mass is 9.96. The third-order valence-electron chi connectivity index (χ3n) is 4.42. The van der Waals surface area contributed by atoms with Crippen LogP contribution in [0.2, 0.25) is 0 Å². The first-order valence-electron chi connectivity index (χ1n) is 8.27. The molecular formula is C22H26FP. The molecule has 1 aromatic carbocycles. The van der Waals surface area contributed by atoms with Gasteiger partial charge in [-0.2, -0.15) is 0 Å². The van der Waals surface area contributed by atoms with Crippen LogP contribution in [-0.4, -0.2) is 0 Å². The second-order valence-corrected chi connectivity index (χ2v) is 8.07. The molecule has 0 spiro atoms. The average Bonchev–Trinajstić information content (AvgIpc) is 2.87. The van der Waals surface area contributed by atoms with E-state index in [-0.39, 0.29) is 5.82 Å². The number of hydrogen-bond acceptors (Lipinski definition) is 0. The molecule has 2 heteroatoms. The first kappa shape index (κ1) is 18.5. The fraction of sp³-hybridized carbons (Fsp3) is 0.273. The Kier molecular flexibility index (Phi) is 6.02. The summed E-state index contributed by atoms with van der Waals surface area (Å²) in [5.41, 5.74) is 5.02. The molecule has 0 nitrogen and oxygen atoms in total. The van der Waals surface area contributed by atoms with Crippen molar-refractivity contribution in [3.63, 3.8) is 0 Å². The van der Waals surface area contributed by atoms with Gasteiger partial charge in [0, 0.05) is 0 Å². The molecular weight excluding hydrogens is 314 g/mol. The molecule has 2 rings (SSSR count). The minimum absolute atomic E-state index is 0.132. The Balaban J connectivity index is 2.49. The Morgan fingerprint density at radius 3 is 2.50 bits per heavy atom. The van der Waals surface area contributed by atoms with Crippen LogP contribution in [0.15, 0.2) is 36.9 Å². The molecule has 0 aliphatic carbocycles. The van der Waals surface area contributed by atoms with Crippen molar-refractivity contribution in [2.24, 2.45) is 0 Å². The molecule has 126 valence electrons. The molecule has 1 unspecified atom stereocenters. The number of hydrogen-bond donors (Lipinski definition) is 0. The number of benzene rings is 1. The Labute approximate surface area is 146 Å². The molecule has 1 aromatic heterocycles. The first-order chi connectivity index (χ1) is 11.3. The van der Waals surface area contributed by atoms with Gasteiger partial charge in [-0.1, -0.05) is 24.8 Å². The van der Waals surface area contributed by atoms with E-state index in [4.69, 9.17) is 0 Å². The normalized spacial score (nSPS) is 13.5. The fourth-order valence-corrected chi connectivity index (χ4v) is 4.06. The maximum absolute atomic E-state index is 14.3. The number of allylic oxidation sites excluding steroid dienone is 3. The Bertz CT molecular complexity index is 897. The topological polar surface area (TPSA) is 0 Å². The molecule has 0 bridgehead atoms. The molecule has 24 heavy (non-hydrogen) atoms. The number of aryl methyl sites for hydroxylation is 2. The van der Waals surface area contributed by atoms with Crippen molar-refractivity contribution in [2.45, 2.75) is 40.5 Å². The van der Waals surface area contributed by atoms with Gasteiger partial charge in [-0.15, -0.1) is 14.8 Å². The summed E-state index contributed by atoms with van der Waals surface area (Å²) in [6.07, 6.45) is 5.71.